The third kappa shape index (κ3) is 3.82. The van der Waals surface area contributed by atoms with Gasteiger partial charge in [0.25, 0.3) is 5.91 Å². The molecule has 0 fully saturated rings. The fourth-order valence-corrected chi connectivity index (χ4v) is 5.17. The molecule has 4 rings (SSSR count). The summed E-state index contributed by atoms with van der Waals surface area (Å²) in [5.74, 6) is -0.735. The first-order chi connectivity index (χ1) is 13.1. The summed E-state index contributed by atoms with van der Waals surface area (Å²) in [4.78, 5) is 27.2. The minimum atomic E-state index is -0.439. The first-order valence-corrected chi connectivity index (χ1v) is 10.5. The van der Waals surface area contributed by atoms with E-state index < -0.39 is 5.97 Å². The monoisotopic (exact) mass is 397 g/mol. The number of ether oxygens (including phenoxy) is 1. The second-order valence-corrected chi connectivity index (χ2v) is 8.53. The van der Waals surface area contributed by atoms with Gasteiger partial charge >= 0.3 is 5.97 Å². The third-order valence-electron chi connectivity index (χ3n) is 4.62. The number of amides is 1. The van der Waals surface area contributed by atoms with Crippen LogP contribution < -0.4 is 5.32 Å². The molecule has 0 saturated heterocycles. The second kappa shape index (κ2) is 7.66. The van der Waals surface area contributed by atoms with Gasteiger partial charge in [-0.25, -0.2) is 4.79 Å². The van der Waals surface area contributed by atoms with Crippen LogP contribution in [-0.2, 0) is 22.4 Å². The largest absolute Gasteiger partial charge is 0.451 e. The van der Waals surface area contributed by atoms with Crippen LogP contribution in [0.15, 0.2) is 47.8 Å². The van der Waals surface area contributed by atoms with E-state index in [1.54, 1.807) is 11.3 Å². The Hall–Kier alpha value is -2.44. The number of nitrogens with one attached hydrogen (secondary N) is 1. The van der Waals surface area contributed by atoms with Crippen LogP contribution in [0.3, 0.4) is 0 Å². The molecule has 1 amide bonds. The van der Waals surface area contributed by atoms with E-state index in [2.05, 4.69) is 17.4 Å². The van der Waals surface area contributed by atoms with Gasteiger partial charge in [0, 0.05) is 9.75 Å². The number of hydrogen-bond acceptors (Lipinski definition) is 5. The quantitative estimate of drug-likeness (QED) is 0.640. The number of aryl methyl sites for hydroxylation is 2. The van der Waals surface area contributed by atoms with Gasteiger partial charge in [-0.1, -0.05) is 30.3 Å². The Morgan fingerprint density at radius 3 is 2.78 bits per heavy atom. The molecule has 1 aliphatic rings. The van der Waals surface area contributed by atoms with Crippen molar-refractivity contribution in [3.63, 3.8) is 0 Å². The van der Waals surface area contributed by atoms with Crippen LogP contribution in [0.5, 0.6) is 0 Å². The van der Waals surface area contributed by atoms with Crippen molar-refractivity contribution < 1.29 is 14.3 Å². The molecule has 0 radical (unpaired) electrons. The maximum atomic E-state index is 12.4. The number of rotatable bonds is 5. The molecule has 3 aromatic rings. The lowest BCUT2D eigenvalue weighted by atomic mass is 9.91. The summed E-state index contributed by atoms with van der Waals surface area (Å²) >= 11 is 3.03. The molecule has 0 aliphatic heterocycles. The molecule has 1 N–H and O–H groups in total. The second-order valence-electron chi connectivity index (χ2n) is 6.50. The van der Waals surface area contributed by atoms with Gasteiger partial charge in [-0.3, -0.25) is 4.79 Å². The maximum absolute atomic E-state index is 12.4. The zero-order valence-electron chi connectivity index (χ0n) is 14.9. The van der Waals surface area contributed by atoms with Crippen molar-refractivity contribution in [3.8, 4) is 10.4 Å². The zero-order valence-corrected chi connectivity index (χ0v) is 16.5. The lowest BCUT2D eigenvalue weighted by Crippen LogP contribution is -2.30. The SMILES string of the molecule is CC(NC(=O)COC(=O)c1cc2c(s1)-c1ccccc1CC2)c1cccs1. The van der Waals surface area contributed by atoms with E-state index in [1.807, 2.05) is 42.6 Å². The molecule has 1 aromatic carbocycles. The Labute approximate surface area is 165 Å². The van der Waals surface area contributed by atoms with Gasteiger partial charge in [-0.15, -0.1) is 22.7 Å². The van der Waals surface area contributed by atoms with E-state index in [-0.39, 0.29) is 18.6 Å². The standard InChI is InChI=1S/C21H19NO3S2/c1-13(17-7-4-10-26-17)22-19(23)12-25-21(24)18-11-15-9-8-14-5-2-3-6-16(14)20(15)27-18/h2-7,10-11,13H,8-9,12H2,1H3,(H,22,23). The molecule has 138 valence electrons. The first kappa shape index (κ1) is 17.9. The van der Waals surface area contributed by atoms with Crippen LogP contribution in [0.2, 0.25) is 0 Å². The van der Waals surface area contributed by atoms with Gasteiger partial charge in [-0.2, -0.15) is 0 Å². The zero-order chi connectivity index (χ0) is 18.8. The van der Waals surface area contributed by atoms with Gasteiger partial charge in [0.15, 0.2) is 6.61 Å². The van der Waals surface area contributed by atoms with E-state index in [1.165, 1.54) is 28.0 Å². The molecule has 2 heterocycles. The normalized spacial score (nSPS) is 13.4. The Kier molecular flexibility index (Phi) is 5.09. The molecule has 27 heavy (non-hydrogen) atoms. The Bertz CT molecular complexity index is 975. The Balaban J connectivity index is 1.38. The van der Waals surface area contributed by atoms with E-state index >= 15 is 0 Å². The highest BCUT2D eigenvalue weighted by Gasteiger charge is 2.22. The topological polar surface area (TPSA) is 55.4 Å². The summed E-state index contributed by atoms with van der Waals surface area (Å²) in [5.41, 5.74) is 3.69. The number of esters is 1. The number of carbonyl (C=O) groups excluding carboxylic acids is 2. The van der Waals surface area contributed by atoms with Gasteiger partial charge in [0.2, 0.25) is 0 Å². The van der Waals surface area contributed by atoms with E-state index in [4.69, 9.17) is 4.74 Å². The predicted octanol–water partition coefficient (Wildman–Crippen LogP) is 4.61. The van der Waals surface area contributed by atoms with Crippen molar-refractivity contribution in [2.75, 3.05) is 6.61 Å². The van der Waals surface area contributed by atoms with Gasteiger partial charge in [-0.05, 0) is 54.0 Å². The van der Waals surface area contributed by atoms with Crippen LogP contribution in [0, 0.1) is 0 Å². The Morgan fingerprint density at radius 2 is 1.96 bits per heavy atom. The molecule has 4 nitrogen and oxygen atoms in total. The number of hydrogen-bond donors (Lipinski definition) is 1. The number of carbonyl (C=O) groups is 2. The van der Waals surface area contributed by atoms with Crippen molar-refractivity contribution in [3.05, 3.63) is 68.7 Å². The molecule has 0 spiro atoms. The van der Waals surface area contributed by atoms with E-state index in [9.17, 15) is 9.59 Å². The summed E-state index contributed by atoms with van der Waals surface area (Å²) in [6, 6.07) is 14.0. The number of benzene rings is 1. The van der Waals surface area contributed by atoms with Crippen LogP contribution in [-0.4, -0.2) is 18.5 Å². The molecular weight excluding hydrogens is 378 g/mol. The summed E-state index contributed by atoms with van der Waals surface area (Å²) in [7, 11) is 0. The van der Waals surface area contributed by atoms with Crippen LogP contribution in [0.1, 0.15) is 38.6 Å². The van der Waals surface area contributed by atoms with Crippen molar-refractivity contribution in [2.24, 2.45) is 0 Å². The first-order valence-electron chi connectivity index (χ1n) is 8.82. The van der Waals surface area contributed by atoms with Crippen LogP contribution in [0.25, 0.3) is 10.4 Å². The molecule has 1 aliphatic carbocycles. The highest BCUT2D eigenvalue weighted by molar-refractivity contribution is 7.17. The third-order valence-corrected chi connectivity index (χ3v) is 6.86. The fourth-order valence-electron chi connectivity index (χ4n) is 3.27. The average Bonchev–Trinajstić information content (AvgIpc) is 3.35. The maximum Gasteiger partial charge on any atom is 0.348 e. The minimum Gasteiger partial charge on any atom is -0.451 e. The average molecular weight is 398 g/mol. The molecule has 2 aromatic heterocycles. The highest BCUT2D eigenvalue weighted by Crippen LogP contribution is 2.39. The molecule has 1 atom stereocenters. The fraction of sp³-hybridized carbons (Fsp3) is 0.238. The molecule has 6 heteroatoms. The molecular formula is C21H19NO3S2. The number of fused-ring (bicyclic) bond motifs is 3. The van der Waals surface area contributed by atoms with Crippen LogP contribution in [0.4, 0.5) is 0 Å². The predicted molar refractivity (Wildman–Crippen MR) is 108 cm³/mol. The Morgan fingerprint density at radius 1 is 1.15 bits per heavy atom. The summed E-state index contributed by atoms with van der Waals surface area (Å²) in [6.07, 6.45) is 1.91. The van der Waals surface area contributed by atoms with Gasteiger partial charge in [0.1, 0.15) is 4.88 Å². The smallest absolute Gasteiger partial charge is 0.348 e. The van der Waals surface area contributed by atoms with Crippen LogP contribution >= 0.6 is 22.7 Å². The lowest BCUT2D eigenvalue weighted by Gasteiger charge is -2.15. The lowest BCUT2D eigenvalue weighted by molar-refractivity contribution is -0.124. The van der Waals surface area contributed by atoms with Crippen molar-refractivity contribution in [1.82, 2.24) is 5.32 Å². The number of thiophene rings is 2. The summed E-state index contributed by atoms with van der Waals surface area (Å²) in [5, 5.41) is 4.82. The van der Waals surface area contributed by atoms with Gasteiger partial charge in [0.05, 0.1) is 6.04 Å². The molecule has 1 unspecified atom stereocenters. The molecule has 0 bridgehead atoms. The van der Waals surface area contributed by atoms with Gasteiger partial charge < -0.3 is 10.1 Å². The van der Waals surface area contributed by atoms with E-state index in [0.717, 1.165) is 22.6 Å². The van der Waals surface area contributed by atoms with Crippen molar-refractivity contribution in [2.45, 2.75) is 25.8 Å². The van der Waals surface area contributed by atoms with Crippen molar-refractivity contribution in [1.29, 1.82) is 0 Å². The highest BCUT2D eigenvalue weighted by atomic mass is 32.1. The summed E-state index contributed by atoms with van der Waals surface area (Å²) in [6.45, 7) is 1.64. The minimum absolute atomic E-state index is 0.0956. The summed E-state index contributed by atoms with van der Waals surface area (Å²) < 4.78 is 5.24. The van der Waals surface area contributed by atoms with Crippen molar-refractivity contribution >= 4 is 34.6 Å². The van der Waals surface area contributed by atoms with E-state index in [0.29, 0.717) is 4.88 Å². The molecule has 0 saturated carbocycles.